The van der Waals surface area contributed by atoms with Gasteiger partial charge in [0.05, 0.1) is 10.9 Å². The van der Waals surface area contributed by atoms with Gasteiger partial charge in [-0.05, 0) is 25.1 Å². The van der Waals surface area contributed by atoms with Gasteiger partial charge in [-0.1, -0.05) is 32.4 Å². The van der Waals surface area contributed by atoms with Crippen LogP contribution in [0.25, 0.3) is 0 Å². The molecule has 1 aromatic rings. The molecule has 9 heteroatoms. The van der Waals surface area contributed by atoms with E-state index in [9.17, 15) is 13.2 Å². The van der Waals surface area contributed by atoms with E-state index in [4.69, 9.17) is 17.3 Å². The van der Waals surface area contributed by atoms with Crippen molar-refractivity contribution in [2.45, 2.75) is 38.6 Å². The van der Waals surface area contributed by atoms with Crippen LogP contribution in [-0.4, -0.2) is 37.8 Å². The molecule has 0 fully saturated rings. The number of benzene rings is 1. The normalized spacial score (nSPS) is 14.0. The summed E-state index contributed by atoms with van der Waals surface area (Å²) < 4.78 is 26.5. The highest BCUT2D eigenvalue weighted by atomic mass is 35.5. The molecule has 6 nitrogen and oxygen atoms in total. The molecule has 0 bridgehead atoms. The Morgan fingerprint density at radius 2 is 1.83 bits per heavy atom. The summed E-state index contributed by atoms with van der Waals surface area (Å²) in [5.74, 6) is -0.665. The maximum Gasteiger partial charge on any atom is 0.244 e. The third kappa shape index (κ3) is 5.32. The number of carbonyl (C=O) groups is 1. The molecular weight excluding hydrogens is 373 g/mol. The highest BCUT2D eigenvalue weighted by Crippen LogP contribution is 2.28. The van der Waals surface area contributed by atoms with Gasteiger partial charge in [0.2, 0.25) is 15.9 Å². The molecule has 2 atom stereocenters. The van der Waals surface area contributed by atoms with E-state index in [0.29, 0.717) is 18.8 Å². The Balaban J connectivity index is 0.00000529. The second-order valence-electron chi connectivity index (χ2n) is 5.37. The first-order valence-corrected chi connectivity index (χ1v) is 9.33. The van der Waals surface area contributed by atoms with Gasteiger partial charge in [-0.25, -0.2) is 8.42 Å². The summed E-state index contributed by atoms with van der Waals surface area (Å²) in [4.78, 5) is 12.0. The zero-order valence-corrected chi connectivity index (χ0v) is 16.6. The van der Waals surface area contributed by atoms with Crippen molar-refractivity contribution in [3.05, 3.63) is 23.2 Å². The minimum absolute atomic E-state index is 0. The summed E-state index contributed by atoms with van der Waals surface area (Å²) in [5.41, 5.74) is 6.08. The van der Waals surface area contributed by atoms with E-state index in [1.165, 1.54) is 16.4 Å². The summed E-state index contributed by atoms with van der Waals surface area (Å²) in [5, 5.41) is 2.80. The fraction of sp³-hybridized carbons (Fsp3) is 0.533. The molecule has 0 saturated carbocycles. The van der Waals surface area contributed by atoms with Crippen LogP contribution in [0.5, 0.6) is 0 Å². The van der Waals surface area contributed by atoms with Gasteiger partial charge in [-0.2, -0.15) is 4.31 Å². The SMILES string of the molecule is CCN(CC)S(=O)(=O)c1cc(NC(=O)C(C)C(C)N)ccc1Cl.Cl. The lowest BCUT2D eigenvalue weighted by molar-refractivity contribution is -0.119. The minimum Gasteiger partial charge on any atom is -0.327 e. The summed E-state index contributed by atoms with van der Waals surface area (Å²) in [6.07, 6.45) is 0. The van der Waals surface area contributed by atoms with Crippen molar-refractivity contribution in [2.24, 2.45) is 11.7 Å². The van der Waals surface area contributed by atoms with Gasteiger partial charge in [-0.3, -0.25) is 4.79 Å². The lowest BCUT2D eigenvalue weighted by Crippen LogP contribution is -2.34. The van der Waals surface area contributed by atoms with Crippen LogP contribution in [0.15, 0.2) is 23.1 Å². The van der Waals surface area contributed by atoms with E-state index in [1.54, 1.807) is 33.8 Å². The predicted octanol–water partition coefficient (Wildman–Crippen LogP) is 2.71. The van der Waals surface area contributed by atoms with E-state index in [1.807, 2.05) is 0 Å². The molecule has 0 radical (unpaired) electrons. The minimum atomic E-state index is -3.70. The maximum atomic E-state index is 12.6. The molecule has 24 heavy (non-hydrogen) atoms. The lowest BCUT2D eigenvalue weighted by Gasteiger charge is -2.20. The molecule has 0 aliphatic carbocycles. The zero-order valence-electron chi connectivity index (χ0n) is 14.2. The molecule has 1 amide bonds. The van der Waals surface area contributed by atoms with Crippen LogP contribution in [-0.2, 0) is 14.8 Å². The number of halogens is 2. The number of carbonyl (C=O) groups excluding carboxylic acids is 1. The van der Waals surface area contributed by atoms with Gasteiger partial charge in [0.1, 0.15) is 4.90 Å². The quantitative estimate of drug-likeness (QED) is 0.739. The van der Waals surface area contributed by atoms with E-state index in [-0.39, 0.29) is 34.3 Å². The second-order valence-corrected chi connectivity index (χ2v) is 7.69. The van der Waals surface area contributed by atoms with Crippen LogP contribution in [0.3, 0.4) is 0 Å². The molecule has 0 aliphatic rings. The average molecular weight is 398 g/mol. The summed E-state index contributed by atoms with van der Waals surface area (Å²) in [6.45, 7) is 7.64. The number of rotatable bonds is 7. The van der Waals surface area contributed by atoms with Crippen LogP contribution in [0.2, 0.25) is 5.02 Å². The van der Waals surface area contributed by atoms with Gasteiger partial charge in [0, 0.05) is 24.8 Å². The van der Waals surface area contributed by atoms with Crippen LogP contribution < -0.4 is 11.1 Å². The van der Waals surface area contributed by atoms with E-state index in [2.05, 4.69) is 5.32 Å². The Morgan fingerprint density at radius 1 is 1.29 bits per heavy atom. The largest absolute Gasteiger partial charge is 0.327 e. The number of anilines is 1. The van der Waals surface area contributed by atoms with Crippen molar-refractivity contribution in [1.82, 2.24) is 4.31 Å². The topological polar surface area (TPSA) is 92.5 Å². The summed E-state index contributed by atoms with van der Waals surface area (Å²) >= 11 is 6.05. The molecule has 0 saturated heterocycles. The number of sulfonamides is 1. The maximum absolute atomic E-state index is 12.6. The smallest absolute Gasteiger partial charge is 0.244 e. The first kappa shape index (κ1) is 23.1. The van der Waals surface area contributed by atoms with Gasteiger partial charge < -0.3 is 11.1 Å². The van der Waals surface area contributed by atoms with Crippen LogP contribution in [0.4, 0.5) is 5.69 Å². The number of nitrogens with two attached hydrogens (primary N) is 1. The highest BCUT2D eigenvalue weighted by Gasteiger charge is 2.25. The Labute approximate surface area is 155 Å². The van der Waals surface area contributed by atoms with Gasteiger partial charge in [-0.15, -0.1) is 12.4 Å². The third-order valence-electron chi connectivity index (χ3n) is 3.72. The van der Waals surface area contributed by atoms with E-state index in [0.717, 1.165) is 0 Å². The molecule has 0 heterocycles. The van der Waals surface area contributed by atoms with E-state index >= 15 is 0 Å². The molecule has 138 valence electrons. The first-order chi connectivity index (χ1) is 10.6. The first-order valence-electron chi connectivity index (χ1n) is 7.51. The highest BCUT2D eigenvalue weighted by molar-refractivity contribution is 7.89. The average Bonchev–Trinajstić information content (AvgIpc) is 2.48. The molecule has 1 aromatic carbocycles. The monoisotopic (exact) mass is 397 g/mol. The molecular formula is C15H25Cl2N3O3S. The van der Waals surface area contributed by atoms with Crippen LogP contribution >= 0.6 is 24.0 Å². The third-order valence-corrected chi connectivity index (χ3v) is 6.26. The number of amides is 1. The van der Waals surface area contributed by atoms with Gasteiger partial charge in [0.25, 0.3) is 0 Å². The molecule has 0 aromatic heterocycles. The molecule has 1 rings (SSSR count). The van der Waals surface area contributed by atoms with Crippen molar-refractivity contribution in [3.63, 3.8) is 0 Å². The summed E-state index contributed by atoms with van der Waals surface area (Å²) in [6, 6.07) is 4.10. The van der Waals surface area contributed by atoms with Gasteiger partial charge >= 0.3 is 0 Å². The van der Waals surface area contributed by atoms with Crippen LogP contribution in [0.1, 0.15) is 27.7 Å². The van der Waals surface area contributed by atoms with Crippen molar-refractivity contribution < 1.29 is 13.2 Å². The number of nitrogens with zero attached hydrogens (tertiary/aromatic N) is 1. The standard InChI is InChI=1S/C15H24ClN3O3S.ClH/c1-5-19(6-2)23(21,22)14-9-12(7-8-13(14)16)18-15(20)10(3)11(4)17;/h7-11H,5-6,17H2,1-4H3,(H,18,20);1H. The fourth-order valence-electron chi connectivity index (χ4n) is 1.98. The Kier molecular flexibility index (Phi) is 9.24. The number of hydrogen-bond donors (Lipinski definition) is 2. The number of hydrogen-bond acceptors (Lipinski definition) is 4. The number of nitrogens with one attached hydrogen (secondary N) is 1. The van der Waals surface area contributed by atoms with Crippen LogP contribution in [0, 0.1) is 5.92 Å². The van der Waals surface area contributed by atoms with Crippen molar-refractivity contribution >= 4 is 45.6 Å². The molecule has 0 spiro atoms. The Hall–Kier alpha value is -0.860. The molecule has 3 N–H and O–H groups in total. The predicted molar refractivity (Wildman–Crippen MR) is 100 cm³/mol. The van der Waals surface area contributed by atoms with E-state index < -0.39 is 15.9 Å². The lowest BCUT2D eigenvalue weighted by atomic mass is 10.0. The Morgan fingerprint density at radius 3 is 2.29 bits per heavy atom. The molecule has 0 aliphatic heterocycles. The Bertz CT molecular complexity index is 662. The second kappa shape index (κ2) is 9.58. The van der Waals surface area contributed by atoms with Crippen molar-refractivity contribution in [2.75, 3.05) is 18.4 Å². The summed E-state index contributed by atoms with van der Waals surface area (Å²) in [7, 11) is -3.70. The van der Waals surface area contributed by atoms with Crippen molar-refractivity contribution in [1.29, 1.82) is 0 Å². The van der Waals surface area contributed by atoms with Gasteiger partial charge in [0.15, 0.2) is 0 Å². The molecule has 2 unspecified atom stereocenters. The zero-order chi connectivity index (χ0) is 17.8. The van der Waals surface area contributed by atoms with Crippen molar-refractivity contribution in [3.8, 4) is 0 Å². The fourth-order valence-corrected chi connectivity index (χ4v) is 3.93.